The van der Waals surface area contributed by atoms with Crippen molar-refractivity contribution in [1.82, 2.24) is 4.31 Å². The van der Waals surface area contributed by atoms with Crippen molar-refractivity contribution in [3.05, 3.63) is 53.1 Å². The molecule has 0 fully saturated rings. The summed E-state index contributed by atoms with van der Waals surface area (Å²) in [6, 6.07) is 9.69. The number of hydrogen-bond acceptors (Lipinski definition) is 4. The number of aryl methyl sites for hydroxylation is 1. The standard InChI is InChI=1S/C21H30N2O4S2/c1-7-23(8-2)29(26,27)20-13-16(5)17(6)21(14-20)22-28(24,25)19-11-9-18(10-12-19)15(3)4/h9-15,22H,7-8H2,1-6H3. The highest BCUT2D eigenvalue weighted by Crippen LogP contribution is 2.28. The molecule has 6 nitrogen and oxygen atoms in total. The van der Waals surface area contributed by atoms with E-state index in [4.69, 9.17) is 0 Å². The maximum absolute atomic E-state index is 12.9. The Morgan fingerprint density at radius 3 is 1.93 bits per heavy atom. The van der Waals surface area contributed by atoms with E-state index in [0.29, 0.717) is 30.1 Å². The second kappa shape index (κ2) is 8.85. The zero-order valence-corrected chi connectivity index (χ0v) is 19.5. The van der Waals surface area contributed by atoms with Crippen LogP contribution in [0.4, 0.5) is 5.69 Å². The van der Waals surface area contributed by atoms with Gasteiger partial charge in [0.2, 0.25) is 10.0 Å². The van der Waals surface area contributed by atoms with Gasteiger partial charge in [-0.3, -0.25) is 4.72 Å². The summed E-state index contributed by atoms with van der Waals surface area (Å²) in [4.78, 5) is 0.216. The van der Waals surface area contributed by atoms with Crippen molar-refractivity contribution in [1.29, 1.82) is 0 Å². The number of nitrogens with one attached hydrogen (secondary N) is 1. The topological polar surface area (TPSA) is 83.6 Å². The predicted molar refractivity (Wildman–Crippen MR) is 117 cm³/mol. The molecule has 0 saturated heterocycles. The van der Waals surface area contributed by atoms with Crippen LogP contribution in [0.1, 0.15) is 50.3 Å². The van der Waals surface area contributed by atoms with Crippen molar-refractivity contribution >= 4 is 25.7 Å². The van der Waals surface area contributed by atoms with Crippen LogP contribution in [0.3, 0.4) is 0 Å². The summed E-state index contributed by atoms with van der Waals surface area (Å²) in [6.07, 6.45) is 0. The van der Waals surface area contributed by atoms with E-state index in [2.05, 4.69) is 4.72 Å². The van der Waals surface area contributed by atoms with Gasteiger partial charge in [0.25, 0.3) is 10.0 Å². The molecular formula is C21H30N2O4S2. The van der Waals surface area contributed by atoms with Crippen molar-refractivity contribution < 1.29 is 16.8 Å². The molecule has 0 aliphatic heterocycles. The summed E-state index contributed by atoms with van der Waals surface area (Å²) < 4.78 is 55.5. The van der Waals surface area contributed by atoms with Gasteiger partial charge in [-0.2, -0.15) is 4.31 Å². The predicted octanol–water partition coefficient (Wildman–Crippen LogP) is 4.26. The number of rotatable bonds is 8. The fourth-order valence-corrected chi connectivity index (χ4v) is 5.71. The Morgan fingerprint density at radius 2 is 1.45 bits per heavy atom. The van der Waals surface area contributed by atoms with Crippen LogP contribution < -0.4 is 4.72 Å². The molecule has 160 valence electrons. The van der Waals surface area contributed by atoms with Crippen LogP contribution in [0, 0.1) is 13.8 Å². The first-order chi connectivity index (χ1) is 13.4. The van der Waals surface area contributed by atoms with Crippen LogP contribution >= 0.6 is 0 Å². The van der Waals surface area contributed by atoms with E-state index >= 15 is 0 Å². The zero-order chi connectivity index (χ0) is 22.0. The van der Waals surface area contributed by atoms with Crippen LogP contribution in [-0.2, 0) is 20.0 Å². The van der Waals surface area contributed by atoms with E-state index in [1.165, 1.54) is 10.4 Å². The lowest BCUT2D eigenvalue weighted by Crippen LogP contribution is -2.30. The van der Waals surface area contributed by atoms with Gasteiger partial charge in [0, 0.05) is 13.1 Å². The minimum absolute atomic E-state index is 0.0807. The minimum Gasteiger partial charge on any atom is -0.279 e. The molecule has 0 heterocycles. The fourth-order valence-electron chi connectivity index (χ4n) is 3.03. The SMILES string of the molecule is CCN(CC)S(=O)(=O)c1cc(C)c(C)c(NS(=O)(=O)c2ccc(C(C)C)cc2)c1. The third kappa shape index (κ3) is 4.99. The molecule has 0 amide bonds. The van der Waals surface area contributed by atoms with Gasteiger partial charge in [0.05, 0.1) is 15.5 Å². The number of sulfonamides is 2. The van der Waals surface area contributed by atoms with Crippen LogP contribution in [0.5, 0.6) is 0 Å². The third-order valence-electron chi connectivity index (χ3n) is 5.09. The lowest BCUT2D eigenvalue weighted by molar-refractivity contribution is 0.445. The van der Waals surface area contributed by atoms with E-state index in [0.717, 1.165) is 5.56 Å². The maximum Gasteiger partial charge on any atom is 0.261 e. The number of hydrogen-bond donors (Lipinski definition) is 1. The van der Waals surface area contributed by atoms with E-state index < -0.39 is 20.0 Å². The Hall–Kier alpha value is -1.90. The van der Waals surface area contributed by atoms with Gasteiger partial charge in [-0.1, -0.05) is 39.8 Å². The highest BCUT2D eigenvalue weighted by molar-refractivity contribution is 7.92. The van der Waals surface area contributed by atoms with E-state index in [9.17, 15) is 16.8 Å². The lowest BCUT2D eigenvalue weighted by atomic mass is 10.0. The van der Waals surface area contributed by atoms with Gasteiger partial charge in [-0.25, -0.2) is 16.8 Å². The van der Waals surface area contributed by atoms with E-state index in [-0.39, 0.29) is 15.5 Å². The molecule has 0 radical (unpaired) electrons. The molecule has 0 spiro atoms. The Bertz CT molecular complexity index is 1070. The van der Waals surface area contributed by atoms with Crippen molar-refractivity contribution in [3.8, 4) is 0 Å². The van der Waals surface area contributed by atoms with Crippen molar-refractivity contribution in [2.45, 2.75) is 57.3 Å². The maximum atomic E-state index is 12.9. The van der Waals surface area contributed by atoms with Gasteiger partial charge in [0.1, 0.15) is 0 Å². The molecule has 0 aromatic heterocycles. The molecule has 2 aromatic carbocycles. The highest BCUT2D eigenvalue weighted by Gasteiger charge is 2.24. The lowest BCUT2D eigenvalue weighted by Gasteiger charge is -2.20. The Labute approximate surface area is 175 Å². The molecule has 0 saturated carbocycles. The van der Waals surface area contributed by atoms with Crippen molar-refractivity contribution in [2.24, 2.45) is 0 Å². The van der Waals surface area contributed by atoms with Crippen LogP contribution in [0.25, 0.3) is 0 Å². The molecule has 1 N–H and O–H groups in total. The first kappa shape index (κ1) is 23.4. The number of nitrogens with zero attached hydrogens (tertiary/aromatic N) is 1. The minimum atomic E-state index is -3.85. The Balaban J connectivity index is 2.48. The number of benzene rings is 2. The first-order valence-corrected chi connectivity index (χ1v) is 12.6. The summed E-state index contributed by atoms with van der Waals surface area (Å²) in [5, 5.41) is 0. The summed E-state index contributed by atoms with van der Waals surface area (Å²) in [6.45, 7) is 11.8. The second-order valence-corrected chi connectivity index (χ2v) is 11.0. The summed E-state index contributed by atoms with van der Waals surface area (Å²) in [7, 11) is -7.55. The fraction of sp³-hybridized carbons (Fsp3) is 0.429. The largest absolute Gasteiger partial charge is 0.279 e. The molecule has 29 heavy (non-hydrogen) atoms. The quantitative estimate of drug-likeness (QED) is 0.667. The first-order valence-electron chi connectivity index (χ1n) is 9.68. The molecule has 2 aromatic rings. The summed E-state index contributed by atoms with van der Waals surface area (Å²) in [5.74, 6) is 0.298. The van der Waals surface area contributed by atoms with Gasteiger partial charge in [-0.05, 0) is 60.7 Å². The van der Waals surface area contributed by atoms with Crippen LogP contribution in [0.15, 0.2) is 46.2 Å². The van der Waals surface area contributed by atoms with Gasteiger partial charge in [0.15, 0.2) is 0 Å². The molecule has 8 heteroatoms. The third-order valence-corrected chi connectivity index (χ3v) is 8.49. The van der Waals surface area contributed by atoms with Crippen molar-refractivity contribution in [3.63, 3.8) is 0 Å². The van der Waals surface area contributed by atoms with Crippen LogP contribution in [0.2, 0.25) is 0 Å². The van der Waals surface area contributed by atoms with Crippen molar-refractivity contribution in [2.75, 3.05) is 17.8 Å². The average molecular weight is 439 g/mol. The van der Waals surface area contributed by atoms with Gasteiger partial charge in [-0.15, -0.1) is 0 Å². The highest BCUT2D eigenvalue weighted by atomic mass is 32.2. The van der Waals surface area contributed by atoms with E-state index in [1.807, 2.05) is 13.8 Å². The zero-order valence-electron chi connectivity index (χ0n) is 17.9. The van der Waals surface area contributed by atoms with Gasteiger partial charge < -0.3 is 0 Å². The Kier molecular flexibility index (Phi) is 7.14. The van der Waals surface area contributed by atoms with Gasteiger partial charge >= 0.3 is 0 Å². The Morgan fingerprint density at radius 1 is 0.897 bits per heavy atom. The second-order valence-electron chi connectivity index (χ2n) is 7.33. The average Bonchev–Trinajstić information content (AvgIpc) is 2.65. The molecule has 0 aliphatic rings. The summed E-state index contributed by atoms with van der Waals surface area (Å²) >= 11 is 0. The summed E-state index contributed by atoms with van der Waals surface area (Å²) in [5.41, 5.74) is 2.70. The van der Waals surface area contributed by atoms with Crippen LogP contribution in [-0.4, -0.2) is 34.2 Å². The van der Waals surface area contributed by atoms with E-state index in [1.54, 1.807) is 58.0 Å². The number of anilines is 1. The smallest absolute Gasteiger partial charge is 0.261 e. The molecule has 2 rings (SSSR count). The normalized spacial score (nSPS) is 12.6. The molecule has 0 unspecified atom stereocenters. The molecular weight excluding hydrogens is 408 g/mol. The molecule has 0 bridgehead atoms. The monoisotopic (exact) mass is 438 g/mol. The molecule has 0 aliphatic carbocycles. The molecule has 0 atom stereocenters.